The fraction of sp³-hybridized carbons (Fsp3) is 0.941. The standard InChI is InChI=1S/C17H36N2O2/c1-7-13-19(8-2)14-11-10-12-17(6,18-15(4)5)16(20)21-9-3/h15,18H,7-14H2,1-6H3. The second-order valence-corrected chi connectivity index (χ2v) is 6.24. The maximum absolute atomic E-state index is 12.2. The molecule has 0 aromatic heterocycles. The Labute approximate surface area is 131 Å². The highest BCUT2D eigenvalue weighted by Gasteiger charge is 2.34. The molecule has 0 heterocycles. The summed E-state index contributed by atoms with van der Waals surface area (Å²) in [5, 5.41) is 3.38. The second-order valence-electron chi connectivity index (χ2n) is 6.24. The molecule has 126 valence electrons. The third kappa shape index (κ3) is 8.42. The van der Waals surface area contributed by atoms with Crippen LogP contribution in [0.15, 0.2) is 0 Å². The number of unbranched alkanes of at least 4 members (excludes halogenated alkanes) is 1. The predicted molar refractivity (Wildman–Crippen MR) is 89.6 cm³/mol. The Bertz CT molecular complexity index is 282. The number of rotatable bonds is 12. The van der Waals surface area contributed by atoms with E-state index in [1.54, 1.807) is 0 Å². The van der Waals surface area contributed by atoms with Crippen LogP contribution >= 0.6 is 0 Å². The maximum atomic E-state index is 12.2. The number of ether oxygens (including phenoxy) is 1. The number of carbonyl (C=O) groups excluding carboxylic acids is 1. The van der Waals surface area contributed by atoms with Gasteiger partial charge in [-0.15, -0.1) is 0 Å². The van der Waals surface area contributed by atoms with Crippen molar-refractivity contribution in [2.75, 3.05) is 26.2 Å². The summed E-state index contributed by atoms with van der Waals surface area (Å²) >= 11 is 0. The molecule has 0 spiro atoms. The van der Waals surface area contributed by atoms with Crippen molar-refractivity contribution >= 4 is 5.97 Å². The Balaban J connectivity index is 4.32. The zero-order valence-corrected chi connectivity index (χ0v) is 15.0. The first-order valence-corrected chi connectivity index (χ1v) is 8.56. The van der Waals surface area contributed by atoms with Gasteiger partial charge in [0, 0.05) is 6.04 Å². The molecule has 1 atom stereocenters. The summed E-state index contributed by atoms with van der Waals surface area (Å²) in [6.07, 6.45) is 4.19. The van der Waals surface area contributed by atoms with Gasteiger partial charge in [-0.05, 0) is 73.0 Å². The van der Waals surface area contributed by atoms with Gasteiger partial charge in [0.15, 0.2) is 0 Å². The van der Waals surface area contributed by atoms with Gasteiger partial charge in [0.2, 0.25) is 0 Å². The molecule has 0 rings (SSSR count). The van der Waals surface area contributed by atoms with E-state index in [-0.39, 0.29) is 12.0 Å². The number of hydrogen-bond donors (Lipinski definition) is 1. The smallest absolute Gasteiger partial charge is 0.326 e. The number of nitrogens with zero attached hydrogens (tertiary/aromatic N) is 1. The van der Waals surface area contributed by atoms with Crippen LogP contribution in [-0.4, -0.2) is 48.7 Å². The third-order valence-corrected chi connectivity index (χ3v) is 3.72. The first-order valence-electron chi connectivity index (χ1n) is 8.56. The summed E-state index contributed by atoms with van der Waals surface area (Å²) < 4.78 is 5.23. The number of nitrogens with one attached hydrogen (secondary N) is 1. The van der Waals surface area contributed by atoms with Crippen LogP contribution in [0.25, 0.3) is 0 Å². The average molecular weight is 300 g/mol. The predicted octanol–water partition coefficient (Wildman–Crippen LogP) is 3.21. The largest absolute Gasteiger partial charge is 0.465 e. The third-order valence-electron chi connectivity index (χ3n) is 3.72. The normalized spacial score (nSPS) is 14.5. The van der Waals surface area contributed by atoms with Crippen LogP contribution in [-0.2, 0) is 9.53 Å². The molecule has 0 aliphatic carbocycles. The maximum Gasteiger partial charge on any atom is 0.326 e. The van der Waals surface area contributed by atoms with Crippen molar-refractivity contribution in [2.45, 2.75) is 78.8 Å². The summed E-state index contributed by atoms with van der Waals surface area (Å²) in [6.45, 7) is 16.2. The van der Waals surface area contributed by atoms with Crippen LogP contribution in [0.5, 0.6) is 0 Å². The lowest BCUT2D eigenvalue weighted by Gasteiger charge is -2.31. The van der Waals surface area contributed by atoms with Gasteiger partial charge in [-0.2, -0.15) is 0 Å². The molecule has 1 N–H and O–H groups in total. The van der Waals surface area contributed by atoms with Crippen molar-refractivity contribution in [2.24, 2.45) is 0 Å². The molecular formula is C17H36N2O2. The molecule has 0 bridgehead atoms. The van der Waals surface area contributed by atoms with Crippen molar-refractivity contribution in [3.63, 3.8) is 0 Å². The minimum Gasteiger partial charge on any atom is -0.465 e. The molecule has 0 aromatic rings. The Hall–Kier alpha value is -0.610. The Morgan fingerprint density at radius 2 is 1.86 bits per heavy atom. The average Bonchev–Trinajstić information content (AvgIpc) is 2.41. The fourth-order valence-corrected chi connectivity index (χ4v) is 2.72. The minimum atomic E-state index is -0.564. The van der Waals surface area contributed by atoms with Crippen LogP contribution in [0.1, 0.15) is 67.2 Å². The van der Waals surface area contributed by atoms with Crippen molar-refractivity contribution in [1.29, 1.82) is 0 Å². The van der Waals surface area contributed by atoms with E-state index in [0.29, 0.717) is 6.61 Å². The first-order chi connectivity index (χ1) is 9.89. The van der Waals surface area contributed by atoms with Gasteiger partial charge in [0.25, 0.3) is 0 Å². The van der Waals surface area contributed by atoms with Crippen LogP contribution in [0.2, 0.25) is 0 Å². The zero-order chi connectivity index (χ0) is 16.3. The number of carbonyl (C=O) groups is 1. The molecule has 4 nitrogen and oxygen atoms in total. The van der Waals surface area contributed by atoms with Gasteiger partial charge in [-0.25, -0.2) is 0 Å². The Kier molecular flexibility index (Phi) is 10.7. The minimum absolute atomic E-state index is 0.125. The van der Waals surface area contributed by atoms with Gasteiger partial charge in [-0.1, -0.05) is 13.8 Å². The highest BCUT2D eigenvalue weighted by molar-refractivity contribution is 5.80. The van der Waals surface area contributed by atoms with E-state index in [1.165, 1.54) is 6.42 Å². The molecule has 1 unspecified atom stereocenters. The van der Waals surface area contributed by atoms with Gasteiger partial charge in [-0.3, -0.25) is 10.1 Å². The number of esters is 1. The van der Waals surface area contributed by atoms with E-state index in [4.69, 9.17) is 4.74 Å². The summed E-state index contributed by atoms with van der Waals surface area (Å²) in [5.41, 5.74) is -0.564. The van der Waals surface area contributed by atoms with Crippen LogP contribution in [0.3, 0.4) is 0 Å². The molecule has 0 saturated carbocycles. The Morgan fingerprint density at radius 3 is 2.33 bits per heavy atom. The van der Waals surface area contributed by atoms with Gasteiger partial charge < -0.3 is 9.64 Å². The summed E-state index contributed by atoms with van der Waals surface area (Å²) in [6, 6.07) is 0.270. The molecule has 0 aliphatic rings. The van der Waals surface area contributed by atoms with E-state index >= 15 is 0 Å². The van der Waals surface area contributed by atoms with Crippen LogP contribution in [0, 0.1) is 0 Å². The van der Waals surface area contributed by atoms with E-state index in [9.17, 15) is 4.79 Å². The highest BCUT2D eigenvalue weighted by Crippen LogP contribution is 2.17. The van der Waals surface area contributed by atoms with Crippen molar-refractivity contribution in [1.82, 2.24) is 10.2 Å². The monoisotopic (exact) mass is 300 g/mol. The van der Waals surface area contributed by atoms with E-state index < -0.39 is 5.54 Å². The lowest BCUT2D eigenvalue weighted by molar-refractivity contribution is -0.151. The van der Waals surface area contributed by atoms with Gasteiger partial charge in [0.05, 0.1) is 6.61 Å². The molecule has 21 heavy (non-hydrogen) atoms. The van der Waals surface area contributed by atoms with Crippen molar-refractivity contribution < 1.29 is 9.53 Å². The topological polar surface area (TPSA) is 41.6 Å². The first kappa shape index (κ1) is 20.4. The summed E-state index contributed by atoms with van der Waals surface area (Å²) in [5.74, 6) is -0.125. The lowest BCUT2D eigenvalue weighted by atomic mass is 9.93. The lowest BCUT2D eigenvalue weighted by Crippen LogP contribution is -2.53. The molecule has 0 saturated heterocycles. The van der Waals surface area contributed by atoms with Crippen molar-refractivity contribution in [3.05, 3.63) is 0 Å². The van der Waals surface area contributed by atoms with Crippen LogP contribution < -0.4 is 5.32 Å². The molecule has 0 amide bonds. The Morgan fingerprint density at radius 1 is 1.19 bits per heavy atom. The molecule has 0 radical (unpaired) electrons. The van der Waals surface area contributed by atoms with E-state index in [0.717, 1.165) is 38.9 Å². The van der Waals surface area contributed by atoms with Gasteiger partial charge >= 0.3 is 5.97 Å². The van der Waals surface area contributed by atoms with Gasteiger partial charge in [0.1, 0.15) is 5.54 Å². The molecular weight excluding hydrogens is 264 g/mol. The second kappa shape index (κ2) is 11.0. The molecule has 4 heteroatoms. The fourth-order valence-electron chi connectivity index (χ4n) is 2.72. The molecule has 0 fully saturated rings. The number of hydrogen-bond acceptors (Lipinski definition) is 4. The van der Waals surface area contributed by atoms with E-state index in [2.05, 4.69) is 37.9 Å². The zero-order valence-electron chi connectivity index (χ0n) is 15.0. The summed E-state index contributed by atoms with van der Waals surface area (Å²) in [4.78, 5) is 14.7. The quantitative estimate of drug-likeness (QED) is 0.444. The summed E-state index contributed by atoms with van der Waals surface area (Å²) in [7, 11) is 0. The molecule has 0 aromatic carbocycles. The SMILES string of the molecule is CCCN(CC)CCCCC(C)(NC(C)C)C(=O)OCC. The van der Waals surface area contributed by atoms with E-state index in [1.807, 2.05) is 13.8 Å². The van der Waals surface area contributed by atoms with Crippen molar-refractivity contribution in [3.8, 4) is 0 Å². The molecule has 0 aliphatic heterocycles. The van der Waals surface area contributed by atoms with Crippen LogP contribution in [0.4, 0.5) is 0 Å². The highest BCUT2D eigenvalue weighted by atomic mass is 16.5.